The first-order valence-corrected chi connectivity index (χ1v) is 8.80. The first-order chi connectivity index (χ1) is 12.1. The zero-order chi connectivity index (χ0) is 17.8. The Morgan fingerprint density at radius 1 is 1.32 bits per heavy atom. The minimum Gasteiger partial charge on any atom is -0.338 e. The Labute approximate surface area is 147 Å². The summed E-state index contributed by atoms with van der Waals surface area (Å²) >= 11 is 0. The van der Waals surface area contributed by atoms with Crippen molar-refractivity contribution in [3.63, 3.8) is 0 Å². The molecule has 132 valence electrons. The van der Waals surface area contributed by atoms with Crippen LogP contribution in [0, 0.1) is 6.92 Å². The number of urea groups is 1. The summed E-state index contributed by atoms with van der Waals surface area (Å²) in [6, 6.07) is 7.79. The van der Waals surface area contributed by atoms with Crippen LogP contribution in [0.25, 0.3) is 11.4 Å². The zero-order valence-corrected chi connectivity index (χ0v) is 14.8. The third-order valence-corrected chi connectivity index (χ3v) is 4.49. The number of aromatic nitrogens is 2. The molecule has 1 aromatic heterocycles. The molecular formula is C19H24N4O2. The third-order valence-electron chi connectivity index (χ3n) is 4.49. The molecule has 0 saturated carbocycles. The molecule has 0 unspecified atom stereocenters. The number of fused-ring (bicyclic) bond motifs is 1. The minimum atomic E-state index is -0.161. The molecular weight excluding hydrogens is 316 g/mol. The van der Waals surface area contributed by atoms with Crippen molar-refractivity contribution in [3.8, 4) is 11.4 Å². The van der Waals surface area contributed by atoms with E-state index in [0.29, 0.717) is 37.4 Å². The van der Waals surface area contributed by atoms with E-state index in [1.807, 2.05) is 31.2 Å². The normalized spacial score (nSPS) is 13.4. The van der Waals surface area contributed by atoms with E-state index in [4.69, 9.17) is 0 Å². The van der Waals surface area contributed by atoms with Crippen LogP contribution in [0.5, 0.6) is 0 Å². The van der Waals surface area contributed by atoms with Crippen LogP contribution in [0.3, 0.4) is 0 Å². The molecule has 1 aliphatic heterocycles. The Hall–Kier alpha value is -2.63. The Kier molecular flexibility index (Phi) is 5.16. The lowest BCUT2D eigenvalue weighted by Crippen LogP contribution is -2.45. The molecule has 3 rings (SSSR count). The molecule has 2 N–H and O–H groups in total. The van der Waals surface area contributed by atoms with Gasteiger partial charge in [-0.15, -0.1) is 0 Å². The van der Waals surface area contributed by atoms with E-state index in [9.17, 15) is 9.59 Å². The highest BCUT2D eigenvalue weighted by Crippen LogP contribution is 2.19. The molecule has 1 aromatic carbocycles. The summed E-state index contributed by atoms with van der Waals surface area (Å²) in [6.45, 7) is 5.66. The summed E-state index contributed by atoms with van der Waals surface area (Å²) in [6.07, 6.45) is 2.59. The Morgan fingerprint density at radius 2 is 2.08 bits per heavy atom. The molecule has 0 fully saturated rings. The second-order valence-corrected chi connectivity index (χ2v) is 6.46. The van der Waals surface area contributed by atoms with Gasteiger partial charge in [-0.2, -0.15) is 0 Å². The fraction of sp³-hybridized carbons (Fsp3) is 0.421. The van der Waals surface area contributed by atoms with Crippen molar-refractivity contribution in [2.45, 2.75) is 39.7 Å². The molecule has 0 radical (unpaired) electrons. The molecule has 1 aliphatic rings. The fourth-order valence-corrected chi connectivity index (χ4v) is 2.93. The molecule has 2 aromatic rings. The highest BCUT2D eigenvalue weighted by molar-refractivity contribution is 5.74. The van der Waals surface area contributed by atoms with Crippen molar-refractivity contribution in [1.82, 2.24) is 20.2 Å². The summed E-state index contributed by atoms with van der Waals surface area (Å²) in [5, 5.41) is 2.90. The Balaban J connectivity index is 1.79. The summed E-state index contributed by atoms with van der Waals surface area (Å²) in [4.78, 5) is 33.9. The van der Waals surface area contributed by atoms with E-state index in [-0.39, 0.29) is 11.6 Å². The maximum absolute atomic E-state index is 12.5. The van der Waals surface area contributed by atoms with Gasteiger partial charge in [0.25, 0.3) is 5.56 Å². The summed E-state index contributed by atoms with van der Waals surface area (Å²) < 4.78 is 0. The van der Waals surface area contributed by atoms with E-state index in [0.717, 1.165) is 29.7 Å². The van der Waals surface area contributed by atoms with Crippen molar-refractivity contribution >= 4 is 6.03 Å². The van der Waals surface area contributed by atoms with Crippen molar-refractivity contribution < 1.29 is 4.79 Å². The Bertz CT molecular complexity index is 811. The van der Waals surface area contributed by atoms with Crippen molar-refractivity contribution in [2.24, 2.45) is 0 Å². The predicted octanol–water partition coefficient (Wildman–Crippen LogP) is 2.61. The first kappa shape index (κ1) is 17.2. The standard InChI is InChI=1S/C19H24N4O2/c1-3-4-10-20-19(25)23-11-9-16-15(12-23)18(24)22-17(21-16)14-7-5-13(2)6-8-14/h5-8H,3-4,9-12H2,1-2H3,(H,20,25)(H,21,22,24). The smallest absolute Gasteiger partial charge is 0.317 e. The van der Waals surface area contributed by atoms with Gasteiger partial charge in [0.1, 0.15) is 5.82 Å². The number of amides is 2. The van der Waals surface area contributed by atoms with Crippen LogP contribution in [0.2, 0.25) is 0 Å². The number of nitrogens with zero attached hydrogens (tertiary/aromatic N) is 2. The van der Waals surface area contributed by atoms with Crippen LogP contribution < -0.4 is 10.9 Å². The maximum atomic E-state index is 12.5. The van der Waals surface area contributed by atoms with Gasteiger partial charge in [0.2, 0.25) is 0 Å². The van der Waals surface area contributed by atoms with Crippen molar-refractivity contribution in [3.05, 3.63) is 51.4 Å². The third kappa shape index (κ3) is 3.90. The SMILES string of the molecule is CCCCNC(=O)N1CCc2nc(-c3ccc(C)cc3)[nH]c(=O)c2C1. The van der Waals surface area contributed by atoms with Gasteiger partial charge in [-0.3, -0.25) is 4.79 Å². The van der Waals surface area contributed by atoms with E-state index in [1.165, 1.54) is 0 Å². The predicted molar refractivity (Wildman–Crippen MR) is 97.5 cm³/mol. The average Bonchev–Trinajstić information content (AvgIpc) is 2.62. The molecule has 6 nitrogen and oxygen atoms in total. The number of aromatic amines is 1. The minimum absolute atomic E-state index is 0.110. The number of carbonyl (C=O) groups excluding carboxylic acids is 1. The summed E-state index contributed by atoms with van der Waals surface area (Å²) in [5.74, 6) is 0.588. The largest absolute Gasteiger partial charge is 0.338 e. The topological polar surface area (TPSA) is 78.1 Å². The monoisotopic (exact) mass is 340 g/mol. The van der Waals surface area contributed by atoms with E-state index >= 15 is 0 Å². The van der Waals surface area contributed by atoms with Crippen LogP contribution in [0.15, 0.2) is 29.1 Å². The van der Waals surface area contributed by atoms with Crippen LogP contribution in [0.1, 0.15) is 36.6 Å². The molecule has 0 atom stereocenters. The van der Waals surface area contributed by atoms with Crippen LogP contribution in [-0.4, -0.2) is 34.0 Å². The molecule has 2 heterocycles. The summed E-state index contributed by atoms with van der Waals surface area (Å²) in [7, 11) is 0. The lowest BCUT2D eigenvalue weighted by Gasteiger charge is -2.28. The Morgan fingerprint density at radius 3 is 2.80 bits per heavy atom. The molecule has 25 heavy (non-hydrogen) atoms. The maximum Gasteiger partial charge on any atom is 0.317 e. The van der Waals surface area contributed by atoms with Crippen LogP contribution in [0.4, 0.5) is 4.79 Å². The van der Waals surface area contributed by atoms with Crippen LogP contribution >= 0.6 is 0 Å². The van der Waals surface area contributed by atoms with Gasteiger partial charge in [0.05, 0.1) is 17.8 Å². The van der Waals surface area contributed by atoms with Gasteiger partial charge in [-0.05, 0) is 13.3 Å². The first-order valence-electron chi connectivity index (χ1n) is 8.80. The highest BCUT2D eigenvalue weighted by atomic mass is 16.2. The number of H-pyrrole nitrogens is 1. The highest BCUT2D eigenvalue weighted by Gasteiger charge is 2.24. The number of unbranched alkanes of at least 4 members (excludes halogenated alkanes) is 1. The van der Waals surface area contributed by atoms with E-state index in [1.54, 1.807) is 4.90 Å². The zero-order valence-electron chi connectivity index (χ0n) is 14.8. The van der Waals surface area contributed by atoms with Gasteiger partial charge >= 0.3 is 6.03 Å². The summed E-state index contributed by atoms with van der Waals surface area (Å²) in [5.41, 5.74) is 3.27. The number of rotatable bonds is 4. The number of hydrogen-bond acceptors (Lipinski definition) is 3. The molecule has 0 spiro atoms. The lowest BCUT2D eigenvalue weighted by atomic mass is 10.1. The fourth-order valence-electron chi connectivity index (χ4n) is 2.93. The van der Waals surface area contributed by atoms with Gasteiger partial charge in [-0.1, -0.05) is 43.2 Å². The quantitative estimate of drug-likeness (QED) is 0.840. The number of aryl methyl sites for hydroxylation is 1. The van der Waals surface area contributed by atoms with Gasteiger partial charge in [0.15, 0.2) is 0 Å². The molecule has 0 saturated heterocycles. The number of benzene rings is 1. The molecule has 0 aliphatic carbocycles. The van der Waals surface area contributed by atoms with Crippen molar-refractivity contribution in [1.29, 1.82) is 0 Å². The molecule has 0 bridgehead atoms. The van der Waals surface area contributed by atoms with Crippen LogP contribution in [-0.2, 0) is 13.0 Å². The second kappa shape index (κ2) is 7.51. The van der Waals surface area contributed by atoms with Crippen molar-refractivity contribution in [2.75, 3.05) is 13.1 Å². The van der Waals surface area contributed by atoms with E-state index in [2.05, 4.69) is 22.2 Å². The number of hydrogen-bond donors (Lipinski definition) is 2. The van der Waals surface area contributed by atoms with Gasteiger partial charge in [-0.25, -0.2) is 9.78 Å². The number of nitrogens with one attached hydrogen (secondary N) is 2. The average molecular weight is 340 g/mol. The molecule has 6 heteroatoms. The van der Waals surface area contributed by atoms with E-state index < -0.39 is 0 Å². The lowest BCUT2D eigenvalue weighted by molar-refractivity contribution is 0.191. The molecule has 2 amide bonds. The number of carbonyl (C=O) groups is 1. The van der Waals surface area contributed by atoms with Gasteiger partial charge in [0, 0.05) is 25.1 Å². The van der Waals surface area contributed by atoms with Gasteiger partial charge < -0.3 is 15.2 Å². The second-order valence-electron chi connectivity index (χ2n) is 6.46.